The van der Waals surface area contributed by atoms with Crippen LogP contribution in [-0.4, -0.2) is 18.8 Å². The van der Waals surface area contributed by atoms with Crippen LogP contribution in [0.25, 0.3) is 0 Å². The van der Waals surface area contributed by atoms with Crippen LogP contribution in [-0.2, 0) is 4.74 Å². The third-order valence-electron chi connectivity index (χ3n) is 1.76. The molecule has 4 heteroatoms. The fourth-order valence-corrected chi connectivity index (χ4v) is 1.76. The van der Waals surface area contributed by atoms with Crippen LogP contribution >= 0.6 is 11.8 Å². The molecule has 1 aromatic carbocycles. The summed E-state index contributed by atoms with van der Waals surface area (Å²) in [6.07, 6.45) is 1.90. The molecule has 0 aliphatic rings. The minimum atomic E-state index is -0.352. The summed E-state index contributed by atoms with van der Waals surface area (Å²) in [7, 11) is 0. The molecule has 0 atom stereocenters. The van der Waals surface area contributed by atoms with Gasteiger partial charge in [0.1, 0.15) is 0 Å². The van der Waals surface area contributed by atoms with Gasteiger partial charge in [-0.05, 0) is 25.3 Å². The first kappa shape index (κ1) is 10.9. The van der Waals surface area contributed by atoms with Crippen LogP contribution < -0.4 is 5.73 Å². The highest BCUT2D eigenvalue weighted by atomic mass is 32.2. The van der Waals surface area contributed by atoms with Crippen LogP contribution in [0.15, 0.2) is 23.1 Å². The lowest BCUT2D eigenvalue weighted by Crippen LogP contribution is -2.09. The lowest BCUT2D eigenvalue weighted by molar-refractivity contribution is 0.0523. The summed E-state index contributed by atoms with van der Waals surface area (Å²) in [4.78, 5) is 12.4. The van der Waals surface area contributed by atoms with Crippen molar-refractivity contribution in [2.45, 2.75) is 11.8 Å². The van der Waals surface area contributed by atoms with Crippen molar-refractivity contribution in [2.24, 2.45) is 0 Å². The SMILES string of the molecule is CCOC(=O)c1c(N)cccc1SC. The number of anilines is 1. The van der Waals surface area contributed by atoms with E-state index < -0.39 is 0 Å². The average molecular weight is 211 g/mol. The zero-order valence-corrected chi connectivity index (χ0v) is 9.06. The van der Waals surface area contributed by atoms with E-state index in [1.54, 1.807) is 13.0 Å². The molecule has 0 unspecified atom stereocenters. The molecule has 1 aromatic rings. The molecular weight excluding hydrogens is 198 g/mol. The first-order chi connectivity index (χ1) is 6.70. The third-order valence-corrected chi connectivity index (χ3v) is 2.54. The number of thioether (sulfide) groups is 1. The van der Waals surface area contributed by atoms with Crippen LogP contribution in [0.5, 0.6) is 0 Å². The van der Waals surface area contributed by atoms with Gasteiger partial charge in [-0.2, -0.15) is 0 Å². The molecule has 0 aliphatic heterocycles. The standard InChI is InChI=1S/C10H13NO2S/c1-3-13-10(12)9-7(11)5-4-6-8(9)14-2/h4-6H,3,11H2,1-2H3. The van der Waals surface area contributed by atoms with Crippen molar-refractivity contribution in [3.63, 3.8) is 0 Å². The molecular formula is C10H13NO2S. The second-order valence-corrected chi connectivity index (χ2v) is 3.49. The number of carbonyl (C=O) groups is 1. The zero-order valence-electron chi connectivity index (χ0n) is 8.24. The van der Waals surface area contributed by atoms with Gasteiger partial charge in [0.2, 0.25) is 0 Å². The Morgan fingerprint density at radius 2 is 2.29 bits per heavy atom. The van der Waals surface area contributed by atoms with Crippen molar-refractivity contribution >= 4 is 23.4 Å². The minimum Gasteiger partial charge on any atom is -0.462 e. The molecule has 3 nitrogen and oxygen atoms in total. The van der Waals surface area contributed by atoms with Gasteiger partial charge in [0, 0.05) is 10.6 Å². The molecule has 0 saturated heterocycles. The molecule has 0 spiro atoms. The predicted molar refractivity (Wildman–Crippen MR) is 58.6 cm³/mol. The largest absolute Gasteiger partial charge is 0.462 e. The highest BCUT2D eigenvalue weighted by Gasteiger charge is 2.14. The van der Waals surface area contributed by atoms with Gasteiger partial charge in [0.25, 0.3) is 0 Å². The summed E-state index contributed by atoms with van der Waals surface area (Å²) >= 11 is 1.48. The number of hydrogen-bond acceptors (Lipinski definition) is 4. The number of carbonyl (C=O) groups excluding carboxylic acids is 1. The summed E-state index contributed by atoms with van der Waals surface area (Å²) in [5.74, 6) is -0.352. The Bertz CT molecular complexity index is 339. The van der Waals surface area contributed by atoms with E-state index in [2.05, 4.69) is 0 Å². The van der Waals surface area contributed by atoms with E-state index in [1.807, 2.05) is 18.4 Å². The van der Waals surface area contributed by atoms with Crippen molar-refractivity contribution in [1.82, 2.24) is 0 Å². The Hall–Kier alpha value is -1.16. The maximum absolute atomic E-state index is 11.5. The summed E-state index contributed by atoms with van der Waals surface area (Å²) in [5.41, 5.74) is 6.66. The lowest BCUT2D eigenvalue weighted by Gasteiger charge is -2.08. The molecule has 0 amide bonds. The van der Waals surface area contributed by atoms with Gasteiger partial charge >= 0.3 is 5.97 Å². The first-order valence-corrected chi connectivity index (χ1v) is 5.52. The Balaban J connectivity index is 3.10. The molecule has 2 N–H and O–H groups in total. The van der Waals surface area contributed by atoms with Gasteiger partial charge in [-0.3, -0.25) is 0 Å². The fraction of sp³-hybridized carbons (Fsp3) is 0.300. The van der Waals surface area contributed by atoms with Crippen molar-refractivity contribution in [3.8, 4) is 0 Å². The molecule has 0 aromatic heterocycles. The minimum absolute atomic E-state index is 0.352. The van der Waals surface area contributed by atoms with E-state index in [0.29, 0.717) is 17.9 Å². The van der Waals surface area contributed by atoms with Gasteiger partial charge in [0.05, 0.1) is 12.2 Å². The highest BCUT2D eigenvalue weighted by molar-refractivity contribution is 7.98. The number of nitrogen functional groups attached to an aromatic ring is 1. The van der Waals surface area contributed by atoms with Gasteiger partial charge < -0.3 is 10.5 Å². The van der Waals surface area contributed by atoms with Crippen molar-refractivity contribution < 1.29 is 9.53 Å². The van der Waals surface area contributed by atoms with Crippen LogP contribution in [0.1, 0.15) is 17.3 Å². The fourth-order valence-electron chi connectivity index (χ4n) is 1.14. The predicted octanol–water partition coefficient (Wildman–Crippen LogP) is 2.17. The van der Waals surface area contributed by atoms with E-state index >= 15 is 0 Å². The van der Waals surface area contributed by atoms with E-state index in [1.165, 1.54) is 11.8 Å². The van der Waals surface area contributed by atoms with E-state index in [4.69, 9.17) is 10.5 Å². The van der Waals surface area contributed by atoms with Crippen LogP contribution in [0.4, 0.5) is 5.69 Å². The van der Waals surface area contributed by atoms with Crippen molar-refractivity contribution in [3.05, 3.63) is 23.8 Å². The monoisotopic (exact) mass is 211 g/mol. The number of benzene rings is 1. The molecule has 0 saturated carbocycles. The summed E-state index contributed by atoms with van der Waals surface area (Å²) < 4.78 is 4.92. The summed E-state index contributed by atoms with van der Waals surface area (Å²) in [5, 5.41) is 0. The molecule has 0 heterocycles. The molecule has 14 heavy (non-hydrogen) atoms. The second kappa shape index (κ2) is 4.91. The highest BCUT2D eigenvalue weighted by Crippen LogP contribution is 2.25. The number of hydrogen-bond donors (Lipinski definition) is 1. The Morgan fingerprint density at radius 1 is 1.57 bits per heavy atom. The van der Waals surface area contributed by atoms with Gasteiger partial charge in [-0.15, -0.1) is 11.8 Å². The average Bonchev–Trinajstić information content (AvgIpc) is 2.17. The van der Waals surface area contributed by atoms with Crippen molar-refractivity contribution in [2.75, 3.05) is 18.6 Å². The van der Waals surface area contributed by atoms with Crippen LogP contribution in [0.2, 0.25) is 0 Å². The molecule has 0 aliphatic carbocycles. The maximum atomic E-state index is 11.5. The number of ether oxygens (including phenoxy) is 1. The normalized spacial score (nSPS) is 9.86. The summed E-state index contributed by atoms with van der Waals surface area (Å²) in [6.45, 7) is 2.14. The van der Waals surface area contributed by atoms with Crippen LogP contribution in [0.3, 0.4) is 0 Å². The Morgan fingerprint density at radius 3 is 2.86 bits per heavy atom. The van der Waals surface area contributed by atoms with Crippen LogP contribution in [0, 0.1) is 0 Å². The van der Waals surface area contributed by atoms with E-state index in [-0.39, 0.29) is 5.97 Å². The Kier molecular flexibility index (Phi) is 3.83. The number of rotatable bonds is 3. The van der Waals surface area contributed by atoms with E-state index in [0.717, 1.165) is 4.90 Å². The molecule has 1 rings (SSSR count). The molecule has 0 radical (unpaired) electrons. The van der Waals surface area contributed by atoms with Gasteiger partial charge in [0.15, 0.2) is 0 Å². The van der Waals surface area contributed by atoms with E-state index in [9.17, 15) is 4.79 Å². The Labute approximate surface area is 87.6 Å². The topological polar surface area (TPSA) is 52.3 Å². The quantitative estimate of drug-likeness (QED) is 0.473. The molecule has 0 fully saturated rings. The second-order valence-electron chi connectivity index (χ2n) is 2.64. The molecule has 0 bridgehead atoms. The maximum Gasteiger partial charge on any atom is 0.341 e. The zero-order chi connectivity index (χ0) is 10.6. The number of nitrogens with two attached hydrogens (primary N) is 1. The first-order valence-electron chi connectivity index (χ1n) is 4.30. The number of esters is 1. The third kappa shape index (κ3) is 2.20. The lowest BCUT2D eigenvalue weighted by atomic mass is 10.2. The van der Waals surface area contributed by atoms with Gasteiger partial charge in [-0.25, -0.2) is 4.79 Å². The molecule has 76 valence electrons. The summed E-state index contributed by atoms with van der Waals surface area (Å²) in [6, 6.07) is 5.38. The van der Waals surface area contributed by atoms with Gasteiger partial charge in [-0.1, -0.05) is 6.07 Å². The van der Waals surface area contributed by atoms with Crippen molar-refractivity contribution in [1.29, 1.82) is 0 Å². The smallest absolute Gasteiger partial charge is 0.341 e.